The smallest absolute Gasteiger partial charge is 0.222 e. The zero-order chi connectivity index (χ0) is 26.6. The van der Waals surface area contributed by atoms with Gasteiger partial charge in [0, 0.05) is 45.1 Å². The van der Waals surface area contributed by atoms with Crippen LogP contribution < -0.4 is 0 Å². The van der Waals surface area contributed by atoms with Gasteiger partial charge in [-0.15, -0.1) is 0 Å². The third-order valence-electron chi connectivity index (χ3n) is 9.81. The molecule has 2 aliphatic carbocycles. The highest BCUT2D eigenvalue weighted by atomic mass is 16.5. The molecular formula is C33H46N2O3. The van der Waals surface area contributed by atoms with Gasteiger partial charge in [0.1, 0.15) is 5.75 Å². The quantitative estimate of drug-likeness (QED) is 0.374. The fraction of sp³-hybridized carbons (Fsp3) is 0.606. The molecule has 3 aliphatic rings. The molecule has 0 spiro atoms. The van der Waals surface area contributed by atoms with E-state index in [1.165, 1.54) is 24.9 Å². The minimum absolute atomic E-state index is 0.187. The largest absolute Gasteiger partial charge is 0.508 e. The number of aromatic hydroxyl groups is 1. The van der Waals surface area contributed by atoms with Crippen molar-refractivity contribution < 1.29 is 14.6 Å². The fourth-order valence-electron chi connectivity index (χ4n) is 7.33. The van der Waals surface area contributed by atoms with Gasteiger partial charge in [0.15, 0.2) is 0 Å². The predicted molar refractivity (Wildman–Crippen MR) is 152 cm³/mol. The van der Waals surface area contributed by atoms with E-state index in [1.54, 1.807) is 6.07 Å². The Labute approximate surface area is 229 Å². The van der Waals surface area contributed by atoms with Crippen molar-refractivity contribution in [1.29, 1.82) is 0 Å². The van der Waals surface area contributed by atoms with E-state index in [0.29, 0.717) is 12.2 Å². The number of nitrogens with zero attached hydrogens (tertiary/aromatic N) is 2. The number of phenols is 1. The monoisotopic (exact) mass is 518 g/mol. The summed E-state index contributed by atoms with van der Waals surface area (Å²) >= 11 is 0. The van der Waals surface area contributed by atoms with Gasteiger partial charge in [0.25, 0.3) is 0 Å². The van der Waals surface area contributed by atoms with Gasteiger partial charge in [-0.25, -0.2) is 0 Å². The van der Waals surface area contributed by atoms with Crippen molar-refractivity contribution in [2.75, 3.05) is 33.8 Å². The molecular weight excluding hydrogens is 472 g/mol. The Kier molecular flexibility index (Phi) is 8.44. The van der Waals surface area contributed by atoms with Gasteiger partial charge in [0.05, 0.1) is 5.60 Å². The van der Waals surface area contributed by atoms with Crippen LogP contribution in [-0.2, 0) is 21.4 Å². The number of unbranched alkanes of at least 4 members (excludes halogenated alkanes) is 2. The molecule has 2 aromatic rings. The number of rotatable bonds is 11. The molecule has 1 N–H and O–H groups in total. The van der Waals surface area contributed by atoms with Crippen LogP contribution in [0.25, 0.3) is 0 Å². The van der Waals surface area contributed by atoms with Crippen molar-refractivity contribution in [2.24, 2.45) is 5.92 Å². The number of ether oxygens (including phenoxy) is 1. The van der Waals surface area contributed by atoms with Crippen LogP contribution in [0.15, 0.2) is 54.6 Å². The van der Waals surface area contributed by atoms with Crippen LogP contribution >= 0.6 is 0 Å². The minimum atomic E-state index is -0.300. The summed E-state index contributed by atoms with van der Waals surface area (Å²) < 4.78 is 6.50. The third-order valence-corrected chi connectivity index (χ3v) is 9.81. The predicted octanol–water partition coefficient (Wildman–Crippen LogP) is 5.94. The molecule has 5 heteroatoms. The highest BCUT2D eigenvalue weighted by Gasteiger charge is 2.59. The molecule has 5 rings (SSSR count). The first-order valence-electron chi connectivity index (χ1n) is 14.8. The lowest BCUT2D eigenvalue weighted by molar-refractivity contribution is -0.160. The molecule has 0 unspecified atom stereocenters. The Bertz CT molecular complexity index is 1070. The molecule has 3 fully saturated rings. The molecule has 2 aromatic carbocycles. The highest BCUT2D eigenvalue weighted by molar-refractivity contribution is 5.76. The SMILES string of the molecule is CO[C@]12CC[C@@H](N(C)C(=O)CCCCCc3ccccc3)C[C@]1(c1cccc(O)c1)CCN(CC1CC1)C2. The number of likely N-dealkylation sites (tertiary alicyclic amines) is 1. The molecule has 1 saturated heterocycles. The number of fused-ring (bicyclic) bond motifs is 1. The summed E-state index contributed by atoms with van der Waals surface area (Å²) in [7, 11) is 3.89. The van der Waals surface area contributed by atoms with Crippen LogP contribution in [-0.4, -0.2) is 66.2 Å². The zero-order valence-electron chi connectivity index (χ0n) is 23.4. The van der Waals surface area contributed by atoms with Crippen molar-refractivity contribution in [2.45, 2.75) is 87.7 Å². The summed E-state index contributed by atoms with van der Waals surface area (Å²) in [5.74, 6) is 1.42. The van der Waals surface area contributed by atoms with E-state index in [2.05, 4.69) is 41.3 Å². The van der Waals surface area contributed by atoms with E-state index in [-0.39, 0.29) is 23.0 Å². The number of benzene rings is 2. The first kappa shape index (κ1) is 27.2. The number of carbonyl (C=O) groups is 1. The minimum Gasteiger partial charge on any atom is -0.508 e. The van der Waals surface area contributed by atoms with Crippen molar-refractivity contribution in [1.82, 2.24) is 9.80 Å². The average molecular weight is 519 g/mol. The second-order valence-electron chi connectivity index (χ2n) is 12.2. The van der Waals surface area contributed by atoms with Crippen LogP contribution in [0.4, 0.5) is 0 Å². The number of aryl methyl sites for hydroxylation is 1. The Morgan fingerprint density at radius 1 is 1.05 bits per heavy atom. The van der Waals surface area contributed by atoms with Crippen molar-refractivity contribution >= 4 is 5.91 Å². The number of piperidine rings is 1. The standard InChI is InChI=1S/C33H46N2O3/c1-34(31(37)15-8-4-7-12-26-10-5-3-6-11-26)29-18-19-33(38-2)25-35(24-27-16-17-27)21-20-32(33,23-29)28-13-9-14-30(36)22-28/h3,5-6,9-11,13-14,22,27,29,36H,4,7-8,12,15-21,23-25H2,1-2H3/t29-,32+,33+/m1/s1. The van der Waals surface area contributed by atoms with Crippen LogP contribution in [0.1, 0.15) is 75.3 Å². The topological polar surface area (TPSA) is 53.0 Å². The summed E-state index contributed by atoms with van der Waals surface area (Å²) in [5.41, 5.74) is 2.02. The lowest BCUT2D eigenvalue weighted by Gasteiger charge is -2.60. The van der Waals surface area contributed by atoms with E-state index in [9.17, 15) is 9.90 Å². The highest BCUT2D eigenvalue weighted by Crippen LogP contribution is 2.54. The second kappa shape index (κ2) is 11.8. The molecule has 206 valence electrons. The van der Waals surface area contributed by atoms with Gasteiger partial charge in [-0.3, -0.25) is 4.79 Å². The molecule has 0 bridgehead atoms. The summed E-state index contributed by atoms with van der Waals surface area (Å²) in [5, 5.41) is 10.4. The fourth-order valence-corrected chi connectivity index (χ4v) is 7.33. The first-order valence-corrected chi connectivity index (χ1v) is 14.8. The van der Waals surface area contributed by atoms with Crippen LogP contribution in [0.3, 0.4) is 0 Å². The molecule has 38 heavy (non-hydrogen) atoms. The van der Waals surface area contributed by atoms with E-state index < -0.39 is 0 Å². The van der Waals surface area contributed by atoms with Gasteiger partial charge in [-0.1, -0.05) is 48.9 Å². The van der Waals surface area contributed by atoms with Gasteiger partial charge in [0.2, 0.25) is 5.91 Å². The zero-order valence-corrected chi connectivity index (χ0v) is 23.4. The molecule has 0 radical (unpaired) electrons. The number of phenolic OH excluding ortho intramolecular Hbond substituents is 1. The third kappa shape index (κ3) is 5.79. The molecule has 3 atom stereocenters. The Morgan fingerprint density at radius 2 is 1.87 bits per heavy atom. The summed E-state index contributed by atoms with van der Waals surface area (Å²) in [4.78, 5) is 18.0. The second-order valence-corrected chi connectivity index (χ2v) is 12.2. The Hall–Kier alpha value is -2.37. The van der Waals surface area contributed by atoms with Crippen molar-refractivity contribution in [3.8, 4) is 5.75 Å². The van der Waals surface area contributed by atoms with Gasteiger partial charge in [-0.2, -0.15) is 0 Å². The van der Waals surface area contributed by atoms with E-state index in [4.69, 9.17) is 4.74 Å². The van der Waals surface area contributed by atoms with E-state index in [0.717, 1.165) is 75.9 Å². The maximum atomic E-state index is 13.3. The van der Waals surface area contributed by atoms with Gasteiger partial charge in [-0.05, 0) is 93.5 Å². The summed E-state index contributed by atoms with van der Waals surface area (Å²) in [6, 6.07) is 18.6. The van der Waals surface area contributed by atoms with Crippen LogP contribution in [0, 0.1) is 5.92 Å². The number of hydrogen-bond acceptors (Lipinski definition) is 4. The van der Waals surface area contributed by atoms with Gasteiger partial charge < -0.3 is 19.6 Å². The summed E-state index contributed by atoms with van der Waals surface area (Å²) in [6.45, 7) is 3.15. The maximum Gasteiger partial charge on any atom is 0.222 e. The van der Waals surface area contributed by atoms with Crippen molar-refractivity contribution in [3.63, 3.8) is 0 Å². The Morgan fingerprint density at radius 3 is 2.61 bits per heavy atom. The molecule has 2 saturated carbocycles. The van der Waals surface area contributed by atoms with Crippen LogP contribution in [0.5, 0.6) is 5.75 Å². The number of methoxy groups -OCH3 is 1. The van der Waals surface area contributed by atoms with Gasteiger partial charge >= 0.3 is 0 Å². The maximum absolute atomic E-state index is 13.3. The number of hydrogen-bond donors (Lipinski definition) is 1. The molecule has 0 aromatic heterocycles. The molecule has 1 aliphatic heterocycles. The molecule has 1 heterocycles. The molecule has 1 amide bonds. The van der Waals surface area contributed by atoms with E-state index >= 15 is 0 Å². The molecule has 5 nitrogen and oxygen atoms in total. The number of carbonyl (C=O) groups excluding carboxylic acids is 1. The Balaban J connectivity index is 1.25. The summed E-state index contributed by atoms with van der Waals surface area (Å²) in [6.07, 6.45) is 11.3. The van der Waals surface area contributed by atoms with E-state index in [1.807, 2.05) is 31.2 Å². The average Bonchev–Trinajstić information content (AvgIpc) is 3.76. The van der Waals surface area contributed by atoms with Crippen molar-refractivity contribution in [3.05, 3.63) is 65.7 Å². The first-order chi connectivity index (χ1) is 18.4. The van der Waals surface area contributed by atoms with Crippen LogP contribution in [0.2, 0.25) is 0 Å². The number of amides is 1. The normalized spacial score (nSPS) is 27.6. The lowest BCUT2D eigenvalue weighted by Crippen LogP contribution is -2.68. The lowest BCUT2D eigenvalue weighted by atomic mass is 9.55.